The monoisotopic (exact) mass is 332 g/mol. The van der Waals surface area contributed by atoms with Crippen LogP contribution in [0, 0.1) is 15.5 Å². The molecular formula is C13H11F3N2O5. The number of halogens is 3. The van der Waals surface area contributed by atoms with E-state index in [1.54, 1.807) is 0 Å². The van der Waals surface area contributed by atoms with Crippen molar-refractivity contribution in [1.29, 1.82) is 0 Å². The average molecular weight is 332 g/mol. The van der Waals surface area contributed by atoms with Gasteiger partial charge < -0.3 is 10.0 Å². The van der Waals surface area contributed by atoms with Gasteiger partial charge in [0.1, 0.15) is 5.56 Å². The number of nitro benzene ring substituents is 1. The zero-order valence-electron chi connectivity index (χ0n) is 11.5. The zero-order chi connectivity index (χ0) is 17.4. The number of benzene rings is 1. The Morgan fingerprint density at radius 1 is 1.30 bits per heavy atom. The Balaban J connectivity index is 2.34. The molecule has 0 aliphatic carbocycles. The van der Waals surface area contributed by atoms with Crippen LogP contribution in [0.3, 0.4) is 0 Å². The van der Waals surface area contributed by atoms with Crippen molar-refractivity contribution in [3.8, 4) is 0 Å². The Morgan fingerprint density at radius 3 is 2.39 bits per heavy atom. The summed E-state index contributed by atoms with van der Waals surface area (Å²) in [5.74, 6) is -3.06. The molecule has 0 aromatic heterocycles. The minimum atomic E-state index is -5.03. The maximum Gasteiger partial charge on any atom is 0.406 e. The van der Waals surface area contributed by atoms with Gasteiger partial charge in [0.25, 0.3) is 11.6 Å². The fourth-order valence-corrected chi connectivity index (χ4v) is 2.49. The summed E-state index contributed by atoms with van der Waals surface area (Å²) in [7, 11) is 0. The Kier molecular flexibility index (Phi) is 4.01. The summed E-state index contributed by atoms with van der Waals surface area (Å²) >= 11 is 0. The fraction of sp³-hybridized carbons (Fsp3) is 0.385. The second-order valence-electron chi connectivity index (χ2n) is 5.14. The molecule has 1 amide bonds. The van der Waals surface area contributed by atoms with Gasteiger partial charge in [0.2, 0.25) is 0 Å². The zero-order valence-corrected chi connectivity index (χ0v) is 11.5. The summed E-state index contributed by atoms with van der Waals surface area (Å²) in [6, 6.07) is 4.83. The lowest BCUT2D eigenvalue weighted by Gasteiger charge is -2.27. The third-order valence-electron chi connectivity index (χ3n) is 3.84. The molecule has 1 atom stereocenters. The standard InChI is InChI=1S/C13H11F3N2O5/c14-13(15,16)12(11(20)21)5-6-17(7-12)10(19)8-3-1-2-4-9(8)18(22)23/h1-4H,5-7H2,(H,20,21). The van der Waals surface area contributed by atoms with E-state index in [4.69, 9.17) is 5.11 Å². The number of rotatable bonds is 3. The van der Waals surface area contributed by atoms with E-state index in [1.165, 1.54) is 12.1 Å². The third kappa shape index (κ3) is 2.71. The second-order valence-corrected chi connectivity index (χ2v) is 5.14. The number of carboxylic acids is 1. The summed E-state index contributed by atoms with van der Waals surface area (Å²) in [5.41, 5.74) is -3.97. The van der Waals surface area contributed by atoms with Crippen LogP contribution >= 0.6 is 0 Å². The van der Waals surface area contributed by atoms with Gasteiger partial charge in [-0.05, 0) is 12.5 Å². The van der Waals surface area contributed by atoms with Gasteiger partial charge in [0, 0.05) is 19.2 Å². The summed E-state index contributed by atoms with van der Waals surface area (Å²) in [5, 5.41) is 19.8. The van der Waals surface area contributed by atoms with Crippen LogP contribution in [0.15, 0.2) is 24.3 Å². The molecule has 1 heterocycles. The van der Waals surface area contributed by atoms with Gasteiger partial charge in [-0.1, -0.05) is 12.1 Å². The maximum absolute atomic E-state index is 13.1. The van der Waals surface area contributed by atoms with Crippen LogP contribution in [0.25, 0.3) is 0 Å². The number of aliphatic carboxylic acids is 1. The number of carbonyl (C=O) groups is 2. The lowest BCUT2D eigenvalue weighted by Crippen LogP contribution is -2.47. The van der Waals surface area contributed by atoms with Gasteiger partial charge in [-0.25, -0.2) is 0 Å². The molecule has 1 aromatic carbocycles. The van der Waals surface area contributed by atoms with Gasteiger partial charge in [-0.3, -0.25) is 19.7 Å². The summed E-state index contributed by atoms with van der Waals surface area (Å²) in [4.78, 5) is 34.1. The molecule has 1 aliphatic rings. The predicted octanol–water partition coefficient (Wildman–Crippen LogP) is 2.07. The Morgan fingerprint density at radius 2 is 1.91 bits per heavy atom. The predicted molar refractivity (Wildman–Crippen MR) is 69.7 cm³/mol. The van der Waals surface area contributed by atoms with Crippen LogP contribution in [0.4, 0.5) is 18.9 Å². The quantitative estimate of drug-likeness (QED) is 0.674. The molecule has 0 bridgehead atoms. The van der Waals surface area contributed by atoms with Crippen LogP contribution in [-0.4, -0.2) is 46.1 Å². The lowest BCUT2D eigenvalue weighted by atomic mass is 9.86. The topological polar surface area (TPSA) is 101 Å². The largest absolute Gasteiger partial charge is 0.481 e. The average Bonchev–Trinajstić information content (AvgIpc) is 2.92. The van der Waals surface area contributed by atoms with Gasteiger partial charge >= 0.3 is 12.1 Å². The van der Waals surface area contributed by atoms with E-state index in [0.717, 1.165) is 12.1 Å². The number of hydrogen-bond donors (Lipinski definition) is 1. The van der Waals surface area contributed by atoms with Gasteiger partial charge in [0.15, 0.2) is 5.41 Å². The van der Waals surface area contributed by atoms with Gasteiger partial charge in [0.05, 0.1) is 4.92 Å². The highest BCUT2D eigenvalue weighted by Crippen LogP contribution is 2.46. The minimum Gasteiger partial charge on any atom is -0.481 e. The molecule has 0 spiro atoms. The van der Waals surface area contributed by atoms with Crippen molar-refractivity contribution in [2.24, 2.45) is 5.41 Å². The molecule has 7 nitrogen and oxygen atoms in total. The SMILES string of the molecule is O=C(c1ccccc1[N+](=O)[O-])N1CCC(C(=O)O)(C(F)(F)F)C1. The first-order valence-corrected chi connectivity index (χ1v) is 6.43. The number of nitro groups is 1. The maximum atomic E-state index is 13.1. The van der Waals surface area contributed by atoms with Crippen LogP contribution in [0.1, 0.15) is 16.8 Å². The normalized spacial score (nSPS) is 21.3. The number of carboxylic acid groups (broad SMARTS) is 1. The fourth-order valence-electron chi connectivity index (χ4n) is 2.49. The van der Waals surface area contributed by atoms with E-state index in [0.29, 0.717) is 4.90 Å². The van der Waals surface area contributed by atoms with Crippen LogP contribution in [-0.2, 0) is 4.79 Å². The first-order valence-electron chi connectivity index (χ1n) is 6.43. The first-order chi connectivity index (χ1) is 10.6. The smallest absolute Gasteiger partial charge is 0.406 e. The van der Waals surface area contributed by atoms with Crippen molar-refractivity contribution in [2.45, 2.75) is 12.6 Å². The second kappa shape index (κ2) is 5.52. The van der Waals surface area contributed by atoms with Crippen molar-refractivity contribution in [3.05, 3.63) is 39.9 Å². The number of para-hydroxylation sites is 1. The Bertz CT molecular complexity index is 676. The van der Waals surface area contributed by atoms with Gasteiger partial charge in [-0.15, -0.1) is 0 Å². The molecule has 1 unspecified atom stereocenters. The lowest BCUT2D eigenvalue weighted by molar-refractivity contribution is -0.385. The highest BCUT2D eigenvalue weighted by atomic mass is 19.4. The molecule has 1 saturated heterocycles. The number of nitrogens with zero attached hydrogens (tertiary/aromatic N) is 2. The highest BCUT2D eigenvalue weighted by Gasteiger charge is 2.64. The van der Waals surface area contributed by atoms with E-state index in [9.17, 15) is 32.9 Å². The molecule has 1 fully saturated rings. The number of hydrogen-bond acceptors (Lipinski definition) is 4. The molecular weight excluding hydrogens is 321 g/mol. The number of alkyl halides is 3. The molecule has 0 saturated carbocycles. The van der Waals surface area contributed by atoms with E-state index >= 15 is 0 Å². The van der Waals surface area contributed by atoms with E-state index in [2.05, 4.69) is 0 Å². The molecule has 2 rings (SSSR count). The van der Waals surface area contributed by atoms with Crippen molar-refractivity contribution in [3.63, 3.8) is 0 Å². The number of amides is 1. The molecule has 124 valence electrons. The van der Waals surface area contributed by atoms with E-state index in [-0.39, 0.29) is 5.56 Å². The van der Waals surface area contributed by atoms with E-state index in [1.807, 2.05) is 0 Å². The van der Waals surface area contributed by atoms with Crippen molar-refractivity contribution >= 4 is 17.6 Å². The molecule has 23 heavy (non-hydrogen) atoms. The molecule has 0 radical (unpaired) electrons. The van der Waals surface area contributed by atoms with Crippen LogP contribution in [0.2, 0.25) is 0 Å². The third-order valence-corrected chi connectivity index (χ3v) is 3.84. The van der Waals surface area contributed by atoms with E-state index < -0.39 is 53.6 Å². The van der Waals surface area contributed by atoms with Crippen LogP contribution in [0.5, 0.6) is 0 Å². The van der Waals surface area contributed by atoms with Crippen molar-refractivity contribution < 1.29 is 32.8 Å². The summed E-state index contributed by atoms with van der Waals surface area (Å²) in [6.07, 6.45) is -5.82. The molecule has 1 N–H and O–H groups in total. The number of likely N-dealkylation sites (tertiary alicyclic amines) is 1. The molecule has 1 aromatic rings. The molecule has 1 aliphatic heterocycles. The van der Waals surface area contributed by atoms with Crippen molar-refractivity contribution in [2.75, 3.05) is 13.1 Å². The first kappa shape index (κ1) is 16.7. The van der Waals surface area contributed by atoms with Gasteiger partial charge in [-0.2, -0.15) is 13.2 Å². The highest BCUT2D eigenvalue weighted by molar-refractivity contribution is 5.98. The Hall–Kier alpha value is -2.65. The molecule has 10 heteroatoms. The minimum absolute atomic E-state index is 0.374. The number of carbonyl (C=O) groups excluding carboxylic acids is 1. The Labute approximate surface area is 127 Å². The van der Waals surface area contributed by atoms with Crippen molar-refractivity contribution in [1.82, 2.24) is 4.90 Å². The van der Waals surface area contributed by atoms with Crippen LogP contribution < -0.4 is 0 Å². The summed E-state index contributed by atoms with van der Waals surface area (Å²) < 4.78 is 39.3. The summed E-state index contributed by atoms with van der Waals surface area (Å²) in [6.45, 7) is -1.52.